The molecule has 2 aliphatic heterocycles. The van der Waals surface area contributed by atoms with Crippen molar-refractivity contribution in [2.24, 2.45) is 0 Å². The van der Waals surface area contributed by atoms with Crippen molar-refractivity contribution in [1.29, 1.82) is 0 Å². The lowest BCUT2D eigenvalue weighted by Crippen LogP contribution is -2.45. The first-order chi connectivity index (χ1) is 14.6. The molecule has 2 N–H and O–H groups in total. The summed E-state index contributed by atoms with van der Waals surface area (Å²) in [6, 6.07) is 4.18. The molecular formula is C22H28N6O2. The van der Waals surface area contributed by atoms with Crippen molar-refractivity contribution in [3.8, 4) is 11.3 Å². The molecule has 0 amide bonds. The maximum absolute atomic E-state index is 13.6. The number of morpholine rings is 1. The number of nitrogens with zero attached hydrogens (tertiary/aromatic N) is 4. The zero-order valence-corrected chi connectivity index (χ0v) is 17.5. The van der Waals surface area contributed by atoms with Gasteiger partial charge < -0.3 is 24.5 Å². The number of fused-ring (bicyclic) bond motifs is 1. The highest BCUT2D eigenvalue weighted by molar-refractivity contribution is 5.91. The van der Waals surface area contributed by atoms with E-state index in [-0.39, 0.29) is 23.7 Å². The van der Waals surface area contributed by atoms with Gasteiger partial charge in [-0.25, -0.2) is 9.97 Å². The summed E-state index contributed by atoms with van der Waals surface area (Å²) in [6.45, 7) is 5.38. The second-order valence-corrected chi connectivity index (χ2v) is 8.39. The topological polar surface area (TPSA) is 88.1 Å². The van der Waals surface area contributed by atoms with E-state index >= 15 is 0 Å². The monoisotopic (exact) mass is 408 g/mol. The molecule has 8 nitrogen and oxygen atoms in total. The number of piperidine rings is 1. The molecular weight excluding hydrogens is 380 g/mol. The van der Waals surface area contributed by atoms with Crippen molar-refractivity contribution in [3.05, 3.63) is 46.8 Å². The lowest BCUT2D eigenvalue weighted by molar-refractivity contribution is -0.00412. The van der Waals surface area contributed by atoms with Gasteiger partial charge in [0.25, 0.3) is 5.56 Å². The number of hydrogen-bond donors (Lipinski definition) is 2. The maximum atomic E-state index is 13.6. The predicted octanol–water partition coefficient (Wildman–Crippen LogP) is 2.10. The fourth-order valence-corrected chi connectivity index (χ4v) is 4.61. The number of likely N-dealkylation sites (tertiary alicyclic amines) is 1. The van der Waals surface area contributed by atoms with Gasteiger partial charge in [0.05, 0.1) is 12.3 Å². The molecule has 0 bridgehead atoms. The van der Waals surface area contributed by atoms with E-state index in [4.69, 9.17) is 9.72 Å². The lowest BCUT2D eigenvalue weighted by atomic mass is 10.0. The third-order valence-corrected chi connectivity index (χ3v) is 6.36. The van der Waals surface area contributed by atoms with Gasteiger partial charge in [-0.2, -0.15) is 0 Å². The summed E-state index contributed by atoms with van der Waals surface area (Å²) in [5.74, 6) is 0. The number of aromatic amines is 1. The zero-order chi connectivity index (χ0) is 20.7. The Morgan fingerprint density at radius 2 is 2.07 bits per heavy atom. The molecule has 158 valence electrons. The van der Waals surface area contributed by atoms with Gasteiger partial charge in [0.15, 0.2) is 0 Å². The fourth-order valence-electron chi connectivity index (χ4n) is 4.61. The van der Waals surface area contributed by atoms with Crippen LogP contribution in [0.3, 0.4) is 0 Å². The maximum Gasteiger partial charge on any atom is 0.275 e. The molecule has 2 atom stereocenters. The van der Waals surface area contributed by atoms with Crippen molar-refractivity contribution in [1.82, 2.24) is 29.7 Å². The van der Waals surface area contributed by atoms with Crippen LogP contribution in [0.4, 0.5) is 0 Å². The number of rotatable bonds is 3. The van der Waals surface area contributed by atoms with Crippen LogP contribution >= 0.6 is 0 Å². The molecule has 0 aliphatic carbocycles. The Kier molecular flexibility index (Phi) is 5.14. The van der Waals surface area contributed by atoms with Crippen molar-refractivity contribution in [2.45, 2.75) is 38.0 Å². The van der Waals surface area contributed by atoms with Crippen LogP contribution < -0.4 is 10.9 Å². The Balaban J connectivity index is 1.67. The van der Waals surface area contributed by atoms with E-state index in [2.05, 4.69) is 27.2 Å². The summed E-state index contributed by atoms with van der Waals surface area (Å²) in [7, 11) is 2.13. The average Bonchev–Trinajstić information content (AvgIpc) is 3.24. The van der Waals surface area contributed by atoms with Crippen LogP contribution in [-0.2, 0) is 4.74 Å². The molecule has 0 spiro atoms. The van der Waals surface area contributed by atoms with Gasteiger partial charge in [-0.15, -0.1) is 0 Å². The molecule has 8 heteroatoms. The van der Waals surface area contributed by atoms with Gasteiger partial charge in [-0.05, 0) is 52.0 Å². The smallest absolute Gasteiger partial charge is 0.275 e. The summed E-state index contributed by atoms with van der Waals surface area (Å²) in [4.78, 5) is 28.3. The molecule has 0 radical (unpaired) electrons. The molecule has 0 aromatic carbocycles. The van der Waals surface area contributed by atoms with E-state index < -0.39 is 0 Å². The van der Waals surface area contributed by atoms with Crippen LogP contribution in [0, 0.1) is 0 Å². The minimum atomic E-state index is -0.354. The van der Waals surface area contributed by atoms with Gasteiger partial charge in [-0.1, -0.05) is 0 Å². The number of aromatic nitrogens is 4. The molecule has 2 fully saturated rings. The van der Waals surface area contributed by atoms with Crippen molar-refractivity contribution in [3.63, 3.8) is 0 Å². The minimum Gasteiger partial charge on any atom is -0.369 e. The van der Waals surface area contributed by atoms with Gasteiger partial charge in [-0.3, -0.25) is 4.79 Å². The van der Waals surface area contributed by atoms with Crippen LogP contribution in [0.2, 0.25) is 0 Å². The van der Waals surface area contributed by atoms with Crippen molar-refractivity contribution < 1.29 is 4.74 Å². The predicted molar refractivity (Wildman–Crippen MR) is 116 cm³/mol. The molecule has 2 aliphatic rings. The average molecular weight is 409 g/mol. The van der Waals surface area contributed by atoms with Crippen molar-refractivity contribution in [2.75, 3.05) is 33.3 Å². The number of nitrogens with one attached hydrogen (secondary N) is 2. The molecule has 5 heterocycles. The second-order valence-electron chi connectivity index (χ2n) is 8.39. The Hall–Kier alpha value is -2.55. The van der Waals surface area contributed by atoms with E-state index in [9.17, 15) is 4.79 Å². The first kappa shape index (κ1) is 19.4. The Morgan fingerprint density at radius 1 is 1.23 bits per heavy atom. The Morgan fingerprint density at radius 3 is 2.87 bits per heavy atom. The van der Waals surface area contributed by atoms with E-state index in [0.29, 0.717) is 12.3 Å². The number of pyridine rings is 1. The minimum absolute atomic E-state index is 0.0323. The molecule has 2 saturated heterocycles. The molecule has 5 rings (SSSR count). The van der Waals surface area contributed by atoms with Crippen LogP contribution in [0.5, 0.6) is 0 Å². The second kappa shape index (κ2) is 7.94. The molecule has 3 aromatic rings. The van der Waals surface area contributed by atoms with Crippen LogP contribution in [0.25, 0.3) is 22.3 Å². The highest BCUT2D eigenvalue weighted by Crippen LogP contribution is 2.29. The van der Waals surface area contributed by atoms with Gasteiger partial charge in [0, 0.05) is 48.2 Å². The van der Waals surface area contributed by atoms with E-state index in [0.717, 1.165) is 54.8 Å². The zero-order valence-electron chi connectivity index (χ0n) is 17.5. The summed E-state index contributed by atoms with van der Waals surface area (Å²) in [5.41, 5.74) is 3.04. The van der Waals surface area contributed by atoms with E-state index in [1.807, 2.05) is 36.0 Å². The van der Waals surface area contributed by atoms with Crippen LogP contribution in [0.15, 0.2) is 35.5 Å². The van der Waals surface area contributed by atoms with Gasteiger partial charge in [0.1, 0.15) is 17.4 Å². The van der Waals surface area contributed by atoms with Gasteiger partial charge >= 0.3 is 0 Å². The van der Waals surface area contributed by atoms with Crippen LogP contribution in [0.1, 0.15) is 37.6 Å². The Labute approximate surface area is 175 Å². The largest absolute Gasteiger partial charge is 0.369 e. The quantitative estimate of drug-likeness (QED) is 0.690. The third-order valence-electron chi connectivity index (χ3n) is 6.36. The summed E-state index contributed by atoms with van der Waals surface area (Å²) >= 11 is 0. The Bertz CT molecular complexity index is 1100. The van der Waals surface area contributed by atoms with Crippen LogP contribution in [-0.4, -0.2) is 63.7 Å². The summed E-state index contributed by atoms with van der Waals surface area (Å²) < 4.78 is 7.93. The highest BCUT2D eigenvalue weighted by atomic mass is 16.5. The normalized spacial score (nSPS) is 23.8. The first-order valence-corrected chi connectivity index (χ1v) is 10.7. The standard InChI is InChI=1S/C22H28N6O2/c1-14-20(30-12-9-23-14)19-22(29)28(15-5-10-27(2)11-6-15)13-18(26-19)16-3-7-24-21-17(16)4-8-25-21/h3-4,7-8,13-15,20,23H,5-6,9-12H2,1-2H3,(H,24,25)/t14?,20-/m1/s1. The molecule has 30 heavy (non-hydrogen) atoms. The highest BCUT2D eigenvalue weighted by Gasteiger charge is 2.30. The third kappa shape index (κ3) is 3.45. The number of hydrogen-bond acceptors (Lipinski definition) is 6. The van der Waals surface area contributed by atoms with Crippen molar-refractivity contribution >= 4 is 11.0 Å². The molecule has 3 aromatic heterocycles. The lowest BCUT2D eigenvalue weighted by Gasteiger charge is -2.33. The number of ether oxygens (including phenoxy) is 1. The first-order valence-electron chi connectivity index (χ1n) is 10.7. The van der Waals surface area contributed by atoms with E-state index in [1.54, 1.807) is 6.20 Å². The number of H-pyrrole nitrogens is 1. The summed E-state index contributed by atoms with van der Waals surface area (Å²) in [5, 5.41) is 4.41. The van der Waals surface area contributed by atoms with E-state index in [1.165, 1.54) is 0 Å². The molecule has 1 unspecified atom stereocenters. The van der Waals surface area contributed by atoms with Gasteiger partial charge in [0.2, 0.25) is 0 Å². The summed E-state index contributed by atoms with van der Waals surface area (Å²) in [6.07, 6.45) is 7.15. The molecule has 0 saturated carbocycles. The SMILES string of the molecule is CC1NCCO[C@H]1c1nc(-c2ccnc3[nH]ccc23)cn(C2CCN(C)CC2)c1=O. The fraction of sp³-hybridized carbons (Fsp3) is 0.500.